The first-order chi connectivity index (χ1) is 8.01. The predicted molar refractivity (Wildman–Crippen MR) is 74.2 cm³/mol. The van der Waals surface area contributed by atoms with Gasteiger partial charge in [0.1, 0.15) is 16.4 Å². The van der Waals surface area contributed by atoms with E-state index in [1.165, 1.54) is 11.1 Å². The second-order valence-corrected chi connectivity index (χ2v) is 7.80. The fourth-order valence-electron chi connectivity index (χ4n) is 1.05. The Morgan fingerprint density at radius 3 is 2.94 bits per heavy atom. The van der Waals surface area contributed by atoms with Crippen molar-refractivity contribution in [1.29, 1.82) is 0 Å². The zero-order valence-corrected chi connectivity index (χ0v) is 11.9. The molecule has 6 heteroatoms. The maximum absolute atomic E-state index is 10.9. The van der Waals surface area contributed by atoms with Crippen molar-refractivity contribution in [1.82, 2.24) is 0 Å². The van der Waals surface area contributed by atoms with Gasteiger partial charge in [-0.15, -0.1) is 11.3 Å². The number of rotatable bonds is 5. The van der Waals surface area contributed by atoms with Crippen molar-refractivity contribution in [2.45, 2.75) is 5.75 Å². The number of thiophene rings is 1. The molecule has 1 rings (SSSR count). The lowest BCUT2D eigenvalue weighted by Crippen LogP contribution is -2.04. The number of hydrogen-bond donors (Lipinski definition) is 1. The van der Waals surface area contributed by atoms with Crippen LogP contribution in [0.5, 0.6) is 0 Å². The number of hydrogen-bond acceptors (Lipinski definition) is 5. The molecule has 0 amide bonds. The summed E-state index contributed by atoms with van der Waals surface area (Å²) in [6.07, 6.45) is 1.25. The first kappa shape index (κ1) is 14.6. The molecule has 0 fully saturated rings. The molecule has 0 spiro atoms. The smallest absolute Gasteiger partial charge is 0.148 e. The van der Waals surface area contributed by atoms with Gasteiger partial charge in [-0.2, -0.15) is 11.8 Å². The van der Waals surface area contributed by atoms with Gasteiger partial charge in [-0.25, -0.2) is 8.42 Å². The van der Waals surface area contributed by atoms with Crippen LogP contribution >= 0.6 is 23.1 Å². The third-order valence-electron chi connectivity index (χ3n) is 1.81. The number of sulfone groups is 1. The molecule has 1 aromatic rings. The lowest BCUT2D eigenvalue weighted by molar-refractivity contribution is 0.350. The Hall–Kier alpha value is -0.480. The van der Waals surface area contributed by atoms with Gasteiger partial charge in [-0.05, 0) is 6.07 Å². The molecule has 94 valence electrons. The summed E-state index contributed by atoms with van der Waals surface area (Å²) in [6.45, 7) is -0.131. The molecule has 0 radical (unpaired) electrons. The zero-order chi connectivity index (χ0) is 12.7. The maximum atomic E-state index is 10.9. The molecule has 1 aromatic heterocycles. The molecule has 0 aliphatic carbocycles. The van der Waals surface area contributed by atoms with Gasteiger partial charge in [0.25, 0.3) is 0 Å². The molecule has 1 heterocycles. The minimum atomic E-state index is -2.85. The minimum Gasteiger partial charge on any atom is -0.384 e. The van der Waals surface area contributed by atoms with Crippen LogP contribution in [0.2, 0.25) is 0 Å². The molecule has 17 heavy (non-hydrogen) atoms. The van der Waals surface area contributed by atoms with Crippen LogP contribution < -0.4 is 0 Å². The van der Waals surface area contributed by atoms with Gasteiger partial charge in [0, 0.05) is 33.6 Å². The van der Waals surface area contributed by atoms with Crippen molar-refractivity contribution in [3.63, 3.8) is 0 Å². The van der Waals surface area contributed by atoms with E-state index in [4.69, 9.17) is 5.11 Å². The van der Waals surface area contributed by atoms with E-state index in [9.17, 15) is 8.42 Å². The second-order valence-electron chi connectivity index (χ2n) is 3.44. The van der Waals surface area contributed by atoms with E-state index in [0.29, 0.717) is 5.75 Å². The first-order valence-electron chi connectivity index (χ1n) is 4.94. The largest absolute Gasteiger partial charge is 0.384 e. The Balaban J connectivity index is 2.35. The maximum Gasteiger partial charge on any atom is 0.148 e. The lowest BCUT2D eigenvalue weighted by Gasteiger charge is -1.97. The Morgan fingerprint density at radius 1 is 1.53 bits per heavy atom. The normalized spacial score (nSPS) is 10.9. The Bertz CT molecular complexity index is 506. The fourth-order valence-corrected chi connectivity index (χ4v) is 4.28. The van der Waals surface area contributed by atoms with E-state index in [1.807, 2.05) is 11.4 Å². The Labute approximate surface area is 110 Å². The Kier molecular flexibility index (Phi) is 6.06. The third-order valence-corrected chi connectivity index (χ3v) is 5.14. The van der Waals surface area contributed by atoms with Crippen LogP contribution in [0.15, 0.2) is 11.4 Å². The van der Waals surface area contributed by atoms with Crippen LogP contribution in [0.1, 0.15) is 10.4 Å². The molecule has 1 N–H and O–H groups in total. The van der Waals surface area contributed by atoms with Gasteiger partial charge in [0.05, 0.1) is 5.75 Å². The SMILES string of the molecule is CS(=O)(=O)CCSCc1cc(C#CCO)cs1. The summed E-state index contributed by atoms with van der Waals surface area (Å²) in [4.78, 5) is 1.17. The molecular formula is C11H14O3S3. The lowest BCUT2D eigenvalue weighted by atomic mass is 10.3. The monoisotopic (exact) mass is 290 g/mol. The standard InChI is InChI=1S/C11H14O3S3/c1-17(13,14)6-5-15-9-11-7-10(8-16-11)3-2-4-12/h7-8,12H,4-6,9H2,1H3. The Morgan fingerprint density at radius 2 is 2.29 bits per heavy atom. The van der Waals surface area contributed by atoms with E-state index in [2.05, 4.69) is 11.8 Å². The van der Waals surface area contributed by atoms with Gasteiger partial charge in [-0.1, -0.05) is 11.8 Å². The van der Waals surface area contributed by atoms with E-state index in [1.54, 1.807) is 23.1 Å². The topological polar surface area (TPSA) is 54.4 Å². The molecule has 0 bridgehead atoms. The van der Waals surface area contributed by atoms with Crippen molar-refractivity contribution in [2.75, 3.05) is 24.4 Å². The van der Waals surface area contributed by atoms with Crippen molar-refractivity contribution < 1.29 is 13.5 Å². The summed E-state index contributed by atoms with van der Waals surface area (Å²) in [6, 6.07) is 1.97. The molecule has 0 atom stereocenters. The molecular weight excluding hydrogens is 276 g/mol. The first-order valence-corrected chi connectivity index (χ1v) is 9.03. The second kappa shape index (κ2) is 7.07. The van der Waals surface area contributed by atoms with Gasteiger partial charge in [-0.3, -0.25) is 0 Å². The van der Waals surface area contributed by atoms with Crippen LogP contribution in [0.25, 0.3) is 0 Å². The van der Waals surface area contributed by atoms with Crippen molar-refractivity contribution >= 4 is 32.9 Å². The van der Waals surface area contributed by atoms with Crippen LogP contribution in [0, 0.1) is 11.8 Å². The van der Waals surface area contributed by atoms with Gasteiger partial charge in [0.15, 0.2) is 0 Å². The summed E-state index contributed by atoms with van der Waals surface area (Å²) in [7, 11) is -2.85. The van der Waals surface area contributed by atoms with Crippen LogP contribution in [0.4, 0.5) is 0 Å². The molecule has 0 saturated heterocycles. The van der Waals surface area contributed by atoms with Crippen LogP contribution in [0.3, 0.4) is 0 Å². The van der Waals surface area contributed by atoms with E-state index < -0.39 is 9.84 Å². The van der Waals surface area contributed by atoms with Crippen LogP contribution in [-0.2, 0) is 15.6 Å². The van der Waals surface area contributed by atoms with Crippen molar-refractivity contribution in [2.24, 2.45) is 0 Å². The minimum absolute atomic E-state index is 0.131. The van der Waals surface area contributed by atoms with Crippen molar-refractivity contribution in [3.05, 3.63) is 21.9 Å². The summed E-state index contributed by atoms with van der Waals surface area (Å²) in [5.41, 5.74) is 0.905. The summed E-state index contributed by atoms with van der Waals surface area (Å²) in [5.74, 6) is 7.07. The summed E-state index contributed by atoms with van der Waals surface area (Å²) >= 11 is 3.21. The van der Waals surface area contributed by atoms with E-state index in [-0.39, 0.29) is 12.4 Å². The highest BCUT2D eigenvalue weighted by atomic mass is 32.2. The molecule has 0 saturated carbocycles. The van der Waals surface area contributed by atoms with E-state index >= 15 is 0 Å². The van der Waals surface area contributed by atoms with Gasteiger partial charge >= 0.3 is 0 Å². The van der Waals surface area contributed by atoms with E-state index in [0.717, 1.165) is 11.3 Å². The highest BCUT2D eigenvalue weighted by Gasteiger charge is 2.03. The number of aliphatic hydroxyl groups is 1. The molecule has 0 aliphatic heterocycles. The molecule has 0 aliphatic rings. The third kappa shape index (κ3) is 6.74. The van der Waals surface area contributed by atoms with Crippen LogP contribution in [-0.4, -0.2) is 37.9 Å². The highest BCUT2D eigenvalue weighted by Crippen LogP contribution is 2.20. The highest BCUT2D eigenvalue weighted by molar-refractivity contribution is 8.00. The number of aliphatic hydroxyl groups excluding tert-OH is 1. The average Bonchev–Trinajstić information content (AvgIpc) is 2.68. The molecule has 0 aromatic carbocycles. The number of thioether (sulfide) groups is 1. The van der Waals surface area contributed by atoms with Crippen molar-refractivity contribution in [3.8, 4) is 11.8 Å². The quantitative estimate of drug-likeness (QED) is 0.657. The average molecular weight is 290 g/mol. The predicted octanol–water partition coefficient (Wildman–Crippen LogP) is 1.37. The van der Waals surface area contributed by atoms with Gasteiger partial charge < -0.3 is 5.11 Å². The zero-order valence-electron chi connectivity index (χ0n) is 9.47. The summed E-state index contributed by atoms with van der Waals surface area (Å²) in [5, 5.41) is 10.5. The van der Waals surface area contributed by atoms with Gasteiger partial charge in [0.2, 0.25) is 0 Å². The molecule has 0 unspecified atom stereocenters. The fraction of sp³-hybridized carbons (Fsp3) is 0.455. The molecule has 3 nitrogen and oxygen atoms in total. The summed E-state index contributed by atoms with van der Waals surface area (Å²) < 4.78 is 21.8.